The summed E-state index contributed by atoms with van der Waals surface area (Å²) < 4.78 is 0. The van der Waals surface area contributed by atoms with E-state index in [4.69, 9.17) is 10.7 Å². The Morgan fingerprint density at radius 2 is 1.78 bits per heavy atom. The molecule has 2 aromatic carbocycles. The number of benzene rings is 2. The van der Waals surface area contributed by atoms with Crippen LogP contribution in [-0.2, 0) is 4.79 Å². The SMILES string of the molecule is CC(C)CC(N)C(=O)N1CCN(c2ccc(Nc3ncc4ccc(O)c(C5CCCC5)c4n3)cc2)CC1. The highest BCUT2D eigenvalue weighted by atomic mass is 16.3. The Morgan fingerprint density at radius 1 is 1.08 bits per heavy atom. The molecule has 0 spiro atoms. The number of hydrogen-bond acceptors (Lipinski definition) is 7. The van der Waals surface area contributed by atoms with Crippen molar-refractivity contribution >= 4 is 34.1 Å². The molecule has 37 heavy (non-hydrogen) atoms. The third kappa shape index (κ3) is 5.64. The quantitative estimate of drug-likeness (QED) is 0.428. The molecule has 0 radical (unpaired) electrons. The van der Waals surface area contributed by atoms with Crippen LogP contribution >= 0.6 is 0 Å². The van der Waals surface area contributed by atoms with E-state index in [1.807, 2.05) is 29.3 Å². The number of carbonyl (C=O) groups excluding carboxylic acids is 1. The van der Waals surface area contributed by atoms with E-state index in [1.54, 1.807) is 6.07 Å². The van der Waals surface area contributed by atoms with Crippen molar-refractivity contribution in [2.24, 2.45) is 11.7 Å². The second-order valence-corrected chi connectivity index (χ2v) is 10.8. The van der Waals surface area contributed by atoms with Crippen molar-refractivity contribution in [1.29, 1.82) is 0 Å². The van der Waals surface area contributed by atoms with Gasteiger partial charge in [0.25, 0.3) is 0 Å². The summed E-state index contributed by atoms with van der Waals surface area (Å²) in [5.74, 6) is 1.68. The molecule has 0 bridgehead atoms. The Hall–Kier alpha value is -3.39. The topological polar surface area (TPSA) is 108 Å². The van der Waals surface area contributed by atoms with Gasteiger partial charge in [-0.2, -0.15) is 0 Å². The maximum absolute atomic E-state index is 12.6. The first-order valence-corrected chi connectivity index (χ1v) is 13.5. The largest absolute Gasteiger partial charge is 0.508 e. The van der Waals surface area contributed by atoms with E-state index in [9.17, 15) is 9.90 Å². The number of anilines is 3. The fraction of sp³-hybridized carbons (Fsp3) is 0.483. The molecular weight excluding hydrogens is 464 g/mol. The Kier molecular flexibility index (Phi) is 7.46. The zero-order valence-corrected chi connectivity index (χ0v) is 21.9. The Balaban J connectivity index is 1.24. The standard InChI is InChI=1S/C29H38N6O2/c1-19(2)17-24(30)28(37)35-15-13-34(14-16-35)23-10-8-22(9-11-23)32-29-31-18-21-7-12-25(36)26(27(21)33-29)20-5-3-4-6-20/h7-12,18-20,24,36H,3-6,13-17,30H2,1-2H3,(H,31,32,33). The minimum atomic E-state index is -0.410. The maximum Gasteiger partial charge on any atom is 0.239 e. The van der Waals surface area contributed by atoms with Gasteiger partial charge in [0.2, 0.25) is 11.9 Å². The molecule has 1 aliphatic heterocycles. The van der Waals surface area contributed by atoms with Crippen molar-refractivity contribution in [2.75, 3.05) is 36.4 Å². The average molecular weight is 503 g/mol. The van der Waals surface area contributed by atoms with Gasteiger partial charge in [-0.05, 0) is 67.5 Å². The maximum atomic E-state index is 12.6. The third-order valence-electron chi connectivity index (χ3n) is 7.65. The third-order valence-corrected chi connectivity index (χ3v) is 7.65. The van der Waals surface area contributed by atoms with Gasteiger partial charge in [-0.3, -0.25) is 4.79 Å². The summed E-state index contributed by atoms with van der Waals surface area (Å²) in [5.41, 5.74) is 9.93. The minimum absolute atomic E-state index is 0.0627. The Morgan fingerprint density at radius 3 is 2.46 bits per heavy atom. The first-order chi connectivity index (χ1) is 17.9. The van der Waals surface area contributed by atoms with Crippen LogP contribution in [0.25, 0.3) is 10.9 Å². The number of hydrogen-bond donors (Lipinski definition) is 3. The molecule has 5 rings (SSSR count). The van der Waals surface area contributed by atoms with Crippen LogP contribution in [0, 0.1) is 5.92 Å². The second kappa shape index (κ2) is 10.9. The van der Waals surface area contributed by atoms with Gasteiger partial charge in [0.1, 0.15) is 5.75 Å². The van der Waals surface area contributed by atoms with Crippen molar-refractivity contribution < 1.29 is 9.90 Å². The van der Waals surface area contributed by atoms with Crippen LogP contribution in [0.3, 0.4) is 0 Å². The molecule has 8 heteroatoms. The van der Waals surface area contributed by atoms with E-state index in [0.717, 1.165) is 60.2 Å². The van der Waals surface area contributed by atoms with Crippen molar-refractivity contribution in [3.8, 4) is 5.75 Å². The number of nitrogens with zero attached hydrogens (tertiary/aromatic N) is 4. The number of carbonyl (C=O) groups is 1. The van der Waals surface area contributed by atoms with Crippen LogP contribution in [0.2, 0.25) is 0 Å². The molecule has 2 heterocycles. The van der Waals surface area contributed by atoms with Gasteiger partial charge in [0.05, 0.1) is 11.6 Å². The molecule has 1 unspecified atom stereocenters. The van der Waals surface area contributed by atoms with Crippen LogP contribution in [0.5, 0.6) is 5.75 Å². The molecule has 1 saturated heterocycles. The fourth-order valence-corrected chi connectivity index (χ4v) is 5.70. The van der Waals surface area contributed by atoms with E-state index < -0.39 is 6.04 Å². The predicted molar refractivity (Wildman–Crippen MR) is 148 cm³/mol. The van der Waals surface area contributed by atoms with Gasteiger partial charge in [0, 0.05) is 54.7 Å². The smallest absolute Gasteiger partial charge is 0.239 e. The molecule has 2 fully saturated rings. The number of piperazine rings is 1. The first kappa shape index (κ1) is 25.3. The molecule has 1 saturated carbocycles. The van der Waals surface area contributed by atoms with E-state index in [0.29, 0.717) is 36.6 Å². The van der Waals surface area contributed by atoms with Crippen molar-refractivity contribution in [1.82, 2.24) is 14.9 Å². The highest BCUT2D eigenvalue weighted by Gasteiger charge is 2.26. The second-order valence-electron chi connectivity index (χ2n) is 10.8. The summed E-state index contributed by atoms with van der Waals surface area (Å²) >= 11 is 0. The van der Waals surface area contributed by atoms with Crippen molar-refractivity contribution in [2.45, 2.75) is 57.9 Å². The number of aromatic hydroxyl groups is 1. The summed E-state index contributed by atoms with van der Waals surface area (Å²) in [6, 6.07) is 11.5. The Bertz CT molecular complexity index is 1230. The van der Waals surface area contributed by atoms with E-state index in [1.165, 1.54) is 12.8 Å². The van der Waals surface area contributed by atoms with E-state index in [-0.39, 0.29) is 5.91 Å². The van der Waals surface area contributed by atoms with Gasteiger partial charge in [-0.1, -0.05) is 26.7 Å². The highest BCUT2D eigenvalue weighted by Crippen LogP contribution is 2.41. The van der Waals surface area contributed by atoms with Crippen molar-refractivity contribution in [3.63, 3.8) is 0 Å². The lowest BCUT2D eigenvalue weighted by atomic mass is 9.94. The minimum Gasteiger partial charge on any atom is -0.508 e. The van der Waals surface area contributed by atoms with Crippen LogP contribution in [0.4, 0.5) is 17.3 Å². The number of amides is 1. The average Bonchev–Trinajstić information content (AvgIpc) is 3.43. The van der Waals surface area contributed by atoms with Crippen LogP contribution < -0.4 is 16.0 Å². The fourth-order valence-electron chi connectivity index (χ4n) is 5.70. The summed E-state index contributed by atoms with van der Waals surface area (Å²) in [5, 5.41) is 14.9. The first-order valence-electron chi connectivity index (χ1n) is 13.5. The van der Waals surface area contributed by atoms with Crippen LogP contribution in [-0.4, -0.2) is 58.1 Å². The van der Waals surface area contributed by atoms with Gasteiger partial charge < -0.3 is 26.0 Å². The summed E-state index contributed by atoms with van der Waals surface area (Å²) in [6.07, 6.45) is 7.12. The zero-order chi connectivity index (χ0) is 25.9. The molecule has 4 N–H and O–H groups in total. The van der Waals surface area contributed by atoms with Gasteiger partial charge in [-0.15, -0.1) is 0 Å². The number of rotatable bonds is 7. The van der Waals surface area contributed by atoms with Crippen molar-refractivity contribution in [3.05, 3.63) is 48.2 Å². The molecule has 8 nitrogen and oxygen atoms in total. The van der Waals surface area contributed by atoms with Gasteiger partial charge >= 0.3 is 0 Å². The zero-order valence-electron chi connectivity index (χ0n) is 21.9. The van der Waals surface area contributed by atoms with Crippen LogP contribution in [0.1, 0.15) is 57.4 Å². The summed E-state index contributed by atoms with van der Waals surface area (Å²) in [6.45, 7) is 7.13. The lowest BCUT2D eigenvalue weighted by molar-refractivity contribution is -0.133. The molecule has 196 valence electrons. The molecule has 2 aliphatic rings. The highest BCUT2D eigenvalue weighted by molar-refractivity contribution is 5.85. The van der Waals surface area contributed by atoms with E-state index in [2.05, 4.69) is 41.2 Å². The van der Waals surface area contributed by atoms with Crippen LogP contribution in [0.15, 0.2) is 42.6 Å². The van der Waals surface area contributed by atoms with E-state index >= 15 is 0 Å². The molecule has 3 aromatic rings. The Labute approximate surface area is 218 Å². The molecule has 1 aromatic heterocycles. The lowest BCUT2D eigenvalue weighted by Gasteiger charge is -2.37. The lowest BCUT2D eigenvalue weighted by Crippen LogP contribution is -2.53. The van der Waals surface area contributed by atoms with Gasteiger partial charge in [0.15, 0.2) is 0 Å². The summed E-state index contributed by atoms with van der Waals surface area (Å²) in [7, 11) is 0. The number of fused-ring (bicyclic) bond motifs is 1. The molecular formula is C29H38N6O2. The van der Waals surface area contributed by atoms with Gasteiger partial charge in [-0.25, -0.2) is 9.97 Å². The number of phenolic OH excluding ortho intramolecular Hbond substituents is 1. The normalized spacial score (nSPS) is 17.5. The number of aromatic nitrogens is 2. The molecule has 1 atom stereocenters. The monoisotopic (exact) mass is 502 g/mol. The predicted octanol–water partition coefficient (Wildman–Crippen LogP) is 4.76. The molecule has 1 amide bonds. The number of nitrogens with two attached hydrogens (primary N) is 1. The summed E-state index contributed by atoms with van der Waals surface area (Å²) in [4.78, 5) is 26.1. The number of nitrogens with one attached hydrogen (secondary N) is 1. The number of phenols is 1. The molecule has 1 aliphatic carbocycles.